The van der Waals surface area contributed by atoms with Gasteiger partial charge in [-0.2, -0.15) is 0 Å². The number of fused-ring (bicyclic) bond motifs is 1. The molecule has 2 aromatic rings. The second-order valence-electron chi connectivity index (χ2n) is 7.94. The van der Waals surface area contributed by atoms with E-state index in [1.165, 1.54) is 0 Å². The molecule has 1 aliphatic heterocycles. The van der Waals surface area contributed by atoms with Crippen LogP contribution in [0.4, 0.5) is 5.69 Å². The number of rotatable bonds is 10. The van der Waals surface area contributed by atoms with Gasteiger partial charge in [-0.1, -0.05) is 52.0 Å². The van der Waals surface area contributed by atoms with Gasteiger partial charge in [-0.15, -0.1) is 0 Å². The van der Waals surface area contributed by atoms with Crippen LogP contribution in [0.5, 0.6) is 11.5 Å². The van der Waals surface area contributed by atoms with Crippen LogP contribution in [0.15, 0.2) is 48.5 Å². The largest absolute Gasteiger partial charge is 0.454 e. The van der Waals surface area contributed by atoms with Gasteiger partial charge >= 0.3 is 7.60 Å². The summed E-state index contributed by atoms with van der Waals surface area (Å²) in [5, 5.41) is 3.37. The zero-order valence-electron chi connectivity index (χ0n) is 17.5. The molecular weight excluding hydrogens is 389 g/mol. The van der Waals surface area contributed by atoms with E-state index in [0.717, 1.165) is 11.3 Å². The Morgan fingerprint density at radius 3 is 2.17 bits per heavy atom. The maximum atomic E-state index is 14.0. The first-order valence-corrected chi connectivity index (χ1v) is 11.6. The zero-order valence-corrected chi connectivity index (χ0v) is 18.4. The van der Waals surface area contributed by atoms with Crippen molar-refractivity contribution in [1.82, 2.24) is 0 Å². The number of ether oxygens (including phenoxy) is 2. The first-order valence-electron chi connectivity index (χ1n) is 9.97. The molecule has 158 valence electrons. The standard InChI is InChI=1S/C22H30NO5P/c1-16(2)13-27-29(24,28-14-17(3)4)22(23-19-8-6-5-7-9-19)18-10-11-20-21(12-18)26-15-25-20/h5-12,16-17,22-23H,13-15H2,1-4H3/t22-/m0/s1. The van der Waals surface area contributed by atoms with Gasteiger partial charge in [0, 0.05) is 5.69 Å². The maximum Gasteiger partial charge on any atom is 0.357 e. The normalized spacial score (nSPS) is 14.4. The Kier molecular flexibility index (Phi) is 7.23. The maximum absolute atomic E-state index is 14.0. The second kappa shape index (κ2) is 9.66. The summed E-state index contributed by atoms with van der Waals surface area (Å²) in [5.74, 6) is 1.06. The molecule has 0 radical (unpaired) electrons. The van der Waals surface area contributed by atoms with Crippen molar-refractivity contribution in [2.75, 3.05) is 25.3 Å². The third kappa shape index (κ3) is 5.75. The molecular formula is C22H30NO5P. The molecule has 6 nitrogen and oxygen atoms in total. The zero-order chi connectivity index (χ0) is 20.9. The Morgan fingerprint density at radius 1 is 0.931 bits per heavy atom. The molecule has 0 fully saturated rings. The molecule has 3 rings (SSSR count). The minimum atomic E-state index is -3.56. The second-order valence-corrected chi connectivity index (χ2v) is 10.1. The van der Waals surface area contributed by atoms with Gasteiger partial charge in [0.1, 0.15) is 0 Å². The smallest absolute Gasteiger partial charge is 0.357 e. The van der Waals surface area contributed by atoms with E-state index in [1.807, 2.05) is 76.2 Å². The molecule has 1 atom stereocenters. The Bertz CT molecular complexity index is 824. The lowest BCUT2D eigenvalue weighted by molar-refractivity contribution is 0.168. The van der Waals surface area contributed by atoms with Crippen LogP contribution in [0.2, 0.25) is 0 Å². The average molecular weight is 419 g/mol. The number of para-hydroxylation sites is 1. The summed E-state index contributed by atoms with van der Waals surface area (Å²) in [4.78, 5) is 0. The van der Waals surface area contributed by atoms with Crippen LogP contribution in [-0.4, -0.2) is 20.0 Å². The number of anilines is 1. The van der Waals surface area contributed by atoms with Crippen LogP contribution >= 0.6 is 7.60 Å². The number of nitrogens with one attached hydrogen (secondary N) is 1. The van der Waals surface area contributed by atoms with Gasteiger partial charge in [0.25, 0.3) is 0 Å². The van der Waals surface area contributed by atoms with Crippen molar-refractivity contribution >= 4 is 13.3 Å². The van der Waals surface area contributed by atoms with Gasteiger partial charge in [-0.05, 0) is 41.7 Å². The van der Waals surface area contributed by atoms with Gasteiger partial charge in [0.15, 0.2) is 17.3 Å². The Hall–Kier alpha value is -2.01. The molecule has 29 heavy (non-hydrogen) atoms. The molecule has 0 unspecified atom stereocenters. The van der Waals surface area contributed by atoms with Crippen LogP contribution in [0, 0.1) is 11.8 Å². The van der Waals surface area contributed by atoms with Crippen LogP contribution in [0.3, 0.4) is 0 Å². The van der Waals surface area contributed by atoms with E-state index in [1.54, 1.807) is 0 Å². The van der Waals surface area contributed by atoms with Crippen LogP contribution < -0.4 is 14.8 Å². The molecule has 1 heterocycles. The summed E-state index contributed by atoms with van der Waals surface area (Å²) in [6.45, 7) is 8.95. The van der Waals surface area contributed by atoms with E-state index in [4.69, 9.17) is 18.5 Å². The lowest BCUT2D eigenvalue weighted by atomic mass is 10.2. The van der Waals surface area contributed by atoms with Crippen molar-refractivity contribution in [3.63, 3.8) is 0 Å². The number of hydrogen-bond acceptors (Lipinski definition) is 6. The van der Waals surface area contributed by atoms with Crippen molar-refractivity contribution in [3.05, 3.63) is 54.1 Å². The minimum absolute atomic E-state index is 0.181. The summed E-state index contributed by atoms with van der Waals surface area (Å²) < 4.78 is 36.9. The topological polar surface area (TPSA) is 66.0 Å². The van der Waals surface area contributed by atoms with E-state index >= 15 is 0 Å². The summed E-state index contributed by atoms with van der Waals surface area (Å²) >= 11 is 0. The molecule has 0 spiro atoms. The number of benzene rings is 2. The molecule has 2 aromatic carbocycles. The Balaban J connectivity index is 1.98. The predicted octanol–water partition coefficient (Wildman–Crippen LogP) is 6.06. The minimum Gasteiger partial charge on any atom is -0.454 e. The van der Waals surface area contributed by atoms with Gasteiger partial charge in [0.05, 0.1) is 13.2 Å². The van der Waals surface area contributed by atoms with E-state index < -0.39 is 13.4 Å². The molecule has 0 aromatic heterocycles. The molecule has 1 aliphatic rings. The lowest BCUT2D eigenvalue weighted by Gasteiger charge is -2.30. The van der Waals surface area contributed by atoms with Gasteiger partial charge in [0.2, 0.25) is 6.79 Å². The predicted molar refractivity (Wildman–Crippen MR) is 115 cm³/mol. The summed E-state index contributed by atoms with van der Waals surface area (Å²) in [6, 6.07) is 15.2. The summed E-state index contributed by atoms with van der Waals surface area (Å²) in [7, 11) is -3.56. The van der Waals surface area contributed by atoms with Crippen LogP contribution in [0.1, 0.15) is 39.0 Å². The molecule has 0 saturated heterocycles. The molecule has 0 bridgehead atoms. The lowest BCUT2D eigenvalue weighted by Crippen LogP contribution is -2.18. The first-order chi connectivity index (χ1) is 13.9. The summed E-state index contributed by atoms with van der Waals surface area (Å²) in [5.41, 5.74) is 1.59. The van der Waals surface area contributed by atoms with Crippen molar-refractivity contribution in [1.29, 1.82) is 0 Å². The highest BCUT2D eigenvalue weighted by molar-refractivity contribution is 7.54. The van der Waals surface area contributed by atoms with Crippen LogP contribution in [0.25, 0.3) is 0 Å². The van der Waals surface area contributed by atoms with E-state index in [0.29, 0.717) is 24.7 Å². The van der Waals surface area contributed by atoms with Gasteiger partial charge < -0.3 is 23.8 Å². The van der Waals surface area contributed by atoms with E-state index in [-0.39, 0.29) is 18.6 Å². The van der Waals surface area contributed by atoms with E-state index in [9.17, 15) is 4.57 Å². The third-order valence-electron chi connectivity index (χ3n) is 4.28. The monoisotopic (exact) mass is 419 g/mol. The molecule has 0 aliphatic carbocycles. The molecule has 7 heteroatoms. The SMILES string of the molecule is CC(C)COP(=O)(OCC(C)C)[C@H](Nc1ccccc1)c1ccc2c(c1)OCO2. The van der Waals surface area contributed by atoms with Gasteiger partial charge in [-0.25, -0.2) is 0 Å². The van der Waals surface area contributed by atoms with Gasteiger partial charge in [-0.3, -0.25) is 4.57 Å². The fraction of sp³-hybridized carbons (Fsp3) is 0.455. The average Bonchev–Trinajstić information content (AvgIpc) is 3.17. The Labute approximate surface area is 173 Å². The quantitative estimate of drug-likeness (QED) is 0.472. The molecule has 1 N–H and O–H groups in total. The van der Waals surface area contributed by atoms with Crippen molar-refractivity contribution in [2.24, 2.45) is 11.8 Å². The fourth-order valence-electron chi connectivity index (χ4n) is 2.81. The Morgan fingerprint density at radius 2 is 1.55 bits per heavy atom. The molecule has 0 amide bonds. The van der Waals surface area contributed by atoms with E-state index in [2.05, 4.69) is 5.32 Å². The highest BCUT2D eigenvalue weighted by Gasteiger charge is 2.39. The molecule has 0 saturated carbocycles. The van der Waals surface area contributed by atoms with Crippen molar-refractivity contribution < 1.29 is 23.1 Å². The summed E-state index contributed by atoms with van der Waals surface area (Å²) in [6.07, 6.45) is 0. The van der Waals surface area contributed by atoms with Crippen molar-refractivity contribution in [3.8, 4) is 11.5 Å². The fourth-order valence-corrected chi connectivity index (χ4v) is 5.03. The number of hydrogen-bond donors (Lipinski definition) is 1. The van der Waals surface area contributed by atoms with Crippen molar-refractivity contribution in [2.45, 2.75) is 33.5 Å². The first kappa shape index (κ1) is 21.7. The van der Waals surface area contributed by atoms with Crippen LogP contribution in [-0.2, 0) is 13.6 Å². The third-order valence-corrected chi connectivity index (χ3v) is 6.36. The highest BCUT2D eigenvalue weighted by Crippen LogP contribution is 2.61. The highest BCUT2D eigenvalue weighted by atomic mass is 31.2.